The van der Waals surface area contributed by atoms with E-state index in [0.29, 0.717) is 12.2 Å². The Morgan fingerprint density at radius 2 is 2.20 bits per heavy atom. The summed E-state index contributed by atoms with van der Waals surface area (Å²) >= 11 is 0. The molecule has 0 amide bonds. The Balaban J connectivity index is 2.20. The van der Waals surface area contributed by atoms with Gasteiger partial charge in [-0.25, -0.2) is 0 Å². The van der Waals surface area contributed by atoms with Crippen LogP contribution in [0.3, 0.4) is 0 Å². The van der Waals surface area contributed by atoms with Crippen LogP contribution in [0.15, 0.2) is 12.3 Å². The number of piperidine rings is 1. The van der Waals surface area contributed by atoms with Crippen LogP contribution in [-0.2, 0) is 11.8 Å². The average Bonchev–Trinajstić information content (AvgIpc) is 2.61. The van der Waals surface area contributed by atoms with Crippen LogP contribution in [0.1, 0.15) is 20.3 Å². The average molecular weight is 207 g/mol. The minimum absolute atomic E-state index is 0.112. The van der Waals surface area contributed by atoms with Gasteiger partial charge in [-0.05, 0) is 6.92 Å². The maximum Gasteiger partial charge on any atom is 0.150 e. The lowest BCUT2D eigenvalue weighted by Crippen LogP contribution is -2.47. The molecule has 2 atom stereocenters. The van der Waals surface area contributed by atoms with Gasteiger partial charge in [-0.15, -0.1) is 0 Å². The van der Waals surface area contributed by atoms with Gasteiger partial charge < -0.3 is 4.90 Å². The molecule has 0 spiro atoms. The molecule has 2 heterocycles. The molecule has 1 fully saturated rings. The van der Waals surface area contributed by atoms with E-state index in [9.17, 15) is 4.79 Å². The van der Waals surface area contributed by atoms with E-state index < -0.39 is 0 Å². The van der Waals surface area contributed by atoms with Crippen LogP contribution in [0.4, 0.5) is 5.82 Å². The Morgan fingerprint density at radius 3 is 2.80 bits per heavy atom. The zero-order valence-electron chi connectivity index (χ0n) is 9.47. The fourth-order valence-corrected chi connectivity index (χ4v) is 2.08. The highest BCUT2D eigenvalue weighted by Gasteiger charge is 2.31. The van der Waals surface area contributed by atoms with E-state index in [2.05, 4.69) is 16.9 Å². The summed E-state index contributed by atoms with van der Waals surface area (Å²) in [6, 6.07) is 2.25. The summed E-state index contributed by atoms with van der Waals surface area (Å²) in [5, 5.41) is 4.38. The molecule has 0 aliphatic carbocycles. The number of rotatable bonds is 1. The summed E-state index contributed by atoms with van der Waals surface area (Å²) in [5.74, 6) is 1.46. The molecule has 1 aliphatic rings. The monoisotopic (exact) mass is 207 g/mol. The van der Waals surface area contributed by atoms with E-state index in [-0.39, 0.29) is 12.0 Å². The molecule has 0 bridgehead atoms. The zero-order valence-corrected chi connectivity index (χ0v) is 9.47. The Bertz CT molecular complexity index is 372. The highest BCUT2D eigenvalue weighted by Crippen LogP contribution is 2.24. The number of nitrogens with zero attached hydrogens (tertiary/aromatic N) is 3. The highest BCUT2D eigenvalue weighted by atomic mass is 16.1. The van der Waals surface area contributed by atoms with Crippen molar-refractivity contribution in [2.75, 3.05) is 11.4 Å². The SMILES string of the molecule is CC1C(=O)CCN(c2ccn(C)n2)C1C. The van der Waals surface area contributed by atoms with Gasteiger partial charge in [0.15, 0.2) is 5.82 Å². The number of Topliss-reactive ketones (excluding diaryl/α,β-unsaturated/α-hetero) is 1. The van der Waals surface area contributed by atoms with Crippen LogP contribution < -0.4 is 4.90 Å². The molecule has 1 aromatic rings. The van der Waals surface area contributed by atoms with Gasteiger partial charge in [0.2, 0.25) is 0 Å². The third-order valence-electron chi connectivity index (χ3n) is 3.32. The molecule has 0 N–H and O–H groups in total. The van der Waals surface area contributed by atoms with Crippen LogP contribution in [0.5, 0.6) is 0 Å². The molecule has 2 unspecified atom stereocenters. The van der Waals surface area contributed by atoms with Crippen LogP contribution in [0.25, 0.3) is 0 Å². The maximum atomic E-state index is 11.5. The Morgan fingerprint density at radius 1 is 1.47 bits per heavy atom. The van der Waals surface area contributed by atoms with Gasteiger partial charge in [-0.3, -0.25) is 9.48 Å². The van der Waals surface area contributed by atoms with Crippen molar-refractivity contribution in [1.29, 1.82) is 0 Å². The fraction of sp³-hybridized carbons (Fsp3) is 0.636. The van der Waals surface area contributed by atoms with Gasteiger partial charge in [-0.1, -0.05) is 6.92 Å². The third kappa shape index (κ3) is 1.76. The van der Waals surface area contributed by atoms with Crippen LogP contribution in [0, 0.1) is 5.92 Å². The Hall–Kier alpha value is -1.32. The van der Waals surface area contributed by atoms with Crippen molar-refractivity contribution in [3.63, 3.8) is 0 Å². The standard InChI is InChI=1S/C11H17N3O/c1-8-9(2)14(7-4-10(8)15)11-5-6-13(3)12-11/h5-6,8-9H,4,7H2,1-3H3. The molecule has 0 radical (unpaired) electrons. The topological polar surface area (TPSA) is 38.1 Å². The van der Waals surface area contributed by atoms with Crippen LogP contribution >= 0.6 is 0 Å². The minimum atomic E-state index is 0.112. The predicted molar refractivity (Wildman–Crippen MR) is 58.8 cm³/mol. The number of carbonyl (C=O) groups excluding carboxylic acids is 1. The summed E-state index contributed by atoms with van der Waals surface area (Å²) in [6.45, 7) is 4.89. The molecule has 0 aromatic carbocycles. The van der Waals surface area contributed by atoms with Crippen molar-refractivity contribution in [2.24, 2.45) is 13.0 Å². The summed E-state index contributed by atoms with van der Waals surface area (Å²) in [4.78, 5) is 13.7. The molecule has 0 saturated carbocycles. The van der Waals surface area contributed by atoms with Crippen LogP contribution in [-0.4, -0.2) is 28.2 Å². The van der Waals surface area contributed by atoms with E-state index in [1.54, 1.807) is 4.68 Å². The normalized spacial score (nSPS) is 27.1. The zero-order chi connectivity index (χ0) is 11.0. The molecule has 2 rings (SSSR count). The van der Waals surface area contributed by atoms with Crippen molar-refractivity contribution in [3.05, 3.63) is 12.3 Å². The van der Waals surface area contributed by atoms with Crippen molar-refractivity contribution < 1.29 is 4.79 Å². The van der Waals surface area contributed by atoms with Gasteiger partial charge in [0.05, 0.1) is 0 Å². The molecule has 4 nitrogen and oxygen atoms in total. The fourth-order valence-electron chi connectivity index (χ4n) is 2.08. The summed E-state index contributed by atoms with van der Waals surface area (Å²) < 4.78 is 1.79. The lowest BCUT2D eigenvalue weighted by atomic mass is 9.91. The number of aryl methyl sites for hydroxylation is 1. The first-order valence-electron chi connectivity index (χ1n) is 5.38. The lowest BCUT2D eigenvalue weighted by molar-refractivity contribution is -0.123. The molecule has 1 aliphatic heterocycles. The highest BCUT2D eigenvalue weighted by molar-refractivity contribution is 5.83. The van der Waals surface area contributed by atoms with E-state index in [4.69, 9.17) is 0 Å². The third-order valence-corrected chi connectivity index (χ3v) is 3.32. The predicted octanol–water partition coefficient (Wildman–Crippen LogP) is 1.22. The Labute approximate surface area is 89.9 Å². The number of hydrogen-bond donors (Lipinski definition) is 0. The second-order valence-corrected chi connectivity index (χ2v) is 4.29. The minimum Gasteiger partial charge on any atom is -0.351 e. The van der Waals surface area contributed by atoms with Gasteiger partial charge in [-0.2, -0.15) is 5.10 Å². The van der Waals surface area contributed by atoms with Gasteiger partial charge in [0, 0.05) is 44.2 Å². The number of ketones is 1. The maximum absolute atomic E-state index is 11.5. The summed E-state index contributed by atoms with van der Waals surface area (Å²) in [5.41, 5.74) is 0. The molecular formula is C11H17N3O. The second kappa shape index (κ2) is 3.68. The smallest absolute Gasteiger partial charge is 0.150 e. The van der Waals surface area contributed by atoms with Crippen LogP contribution in [0.2, 0.25) is 0 Å². The van der Waals surface area contributed by atoms with Crippen molar-refractivity contribution in [3.8, 4) is 0 Å². The molecule has 1 saturated heterocycles. The van der Waals surface area contributed by atoms with E-state index >= 15 is 0 Å². The lowest BCUT2D eigenvalue weighted by Gasteiger charge is -2.37. The van der Waals surface area contributed by atoms with Gasteiger partial charge in [0.25, 0.3) is 0 Å². The van der Waals surface area contributed by atoms with E-state index in [1.165, 1.54) is 0 Å². The molecule has 1 aromatic heterocycles. The first-order valence-corrected chi connectivity index (χ1v) is 5.38. The van der Waals surface area contributed by atoms with Gasteiger partial charge in [0.1, 0.15) is 5.78 Å². The largest absolute Gasteiger partial charge is 0.351 e. The van der Waals surface area contributed by atoms with Gasteiger partial charge >= 0.3 is 0 Å². The summed E-state index contributed by atoms with van der Waals surface area (Å²) in [6.07, 6.45) is 2.57. The molecule has 4 heteroatoms. The second-order valence-electron chi connectivity index (χ2n) is 4.29. The number of anilines is 1. The number of aromatic nitrogens is 2. The number of hydrogen-bond acceptors (Lipinski definition) is 3. The first kappa shape index (κ1) is 10.2. The Kier molecular flexibility index (Phi) is 2.50. The molecular weight excluding hydrogens is 190 g/mol. The van der Waals surface area contributed by atoms with Crippen molar-refractivity contribution >= 4 is 11.6 Å². The molecule has 82 valence electrons. The van der Waals surface area contributed by atoms with Crippen molar-refractivity contribution in [1.82, 2.24) is 9.78 Å². The molecule has 15 heavy (non-hydrogen) atoms. The van der Waals surface area contributed by atoms with Crippen molar-refractivity contribution in [2.45, 2.75) is 26.3 Å². The number of carbonyl (C=O) groups is 1. The first-order chi connectivity index (χ1) is 7.09. The van der Waals surface area contributed by atoms with E-state index in [0.717, 1.165) is 12.4 Å². The van der Waals surface area contributed by atoms with E-state index in [1.807, 2.05) is 26.2 Å². The quantitative estimate of drug-likeness (QED) is 0.695. The summed E-state index contributed by atoms with van der Waals surface area (Å²) in [7, 11) is 1.91.